The fourth-order valence-corrected chi connectivity index (χ4v) is 2.32. The summed E-state index contributed by atoms with van der Waals surface area (Å²) >= 11 is 0. The number of hydrogen-bond donors (Lipinski definition) is 4. The van der Waals surface area contributed by atoms with Crippen LogP contribution in [0.15, 0.2) is 30.5 Å². The number of fused-ring (bicyclic) bond motifs is 1. The molecule has 1 aromatic carbocycles. The van der Waals surface area contributed by atoms with Crippen LogP contribution < -0.4 is 0 Å². The zero-order chi connectivity index (χ0) is 15.6. The number of benzene rings is 1. The van der Waals surface area contributed by atoms with Gasteiger partial charge in [0.1, 0.15) is 0 Å². The van der Waals surface area contributed by atoms with E-state index in [1.165, 1.54) is 6.20 Å². The van der Waals surface area contributed by atoms with E-state index in [1.807, 2.05) is 0 Å². The fraction of sp³-hybridized carbons (Fsp3) is 0.214. The molecule has 0 saturated carbocycles. The van der Waals surface area contributed by atoms with Crippen LogP contribution in [-0.2, 0) is 20.8 Å². The third-order valence-electron chi connectivity index (χ3n) is 3.44. The van der Waals surface area contributed by atoms with Gasteiger partial charge < -0.3 is 20.3 Å². The number of carbonyl (C=O) groups is 3. The molecule has 0 bridgehead atoms. The van der Waals surface area contributed by atoms with E-state index in [0.717, 1.165) is 5.52 Å². The second-order valence-electron chi connectivity index (χ2n) is 4.80. The Balaban J connectivity index is 2.50. The number of aromatic nitrogens is 1. The third kappa shape index (κ3) is 2.58. The van der Waals surface area contributed by atoms with Gasteiger partial charge in [0, 0.05) is 23.5 Å². The van der Waals surface area contributed by atoms with Gasteiger partial charge in [-0.3, -0.25) is 14.4 Å². The molecule has 0 spiro atoms. The van der Waals surface area contributed by atoms with Gasteiger partial charge in [-0.15, -0.1) is 0 Å². The number of aliphatic carboxylic acids is 3. The molecule has 2 rings (SSSR count). The molecule has 0 saturated heterocycles. The largest absolute Gasteiger partial charge is 0.481 e. The van der Waals surface area contributed by atoms with Crippen LogP contribution >= 0.6 is 0 Å². The topological polar surface area (TPSA) is 128 Å². The average Bonchev–Trinajstić information content (AvgIpc) is 2.80. The van der Waals surface area contributed by atoms with Gasteiger partial charge in [-0.05, 0) is 11.6 Å². The van der Waals surface area contributed by atoms with E-state index in [9.17, 15) is 24.6 Å². The Kier molecular flexibility index (Phi) is 3.66. The molecule has 110 valence electrons. The molecule has 0 unspecified atom stereocenters. The Labute approximate surface area is 118 Å². The van der Waals surface area contributed by atoms with Crippen molar-refractivity contribution in [1.82, 2.24) is 4.98 Å². The first-order chi connectivity index (χ1) is 9.86. The first kappa shape index (κ1) is 14.6. The number of carboxylic acid groups (broad SMARTS) is 3. The molecule has 0 aliphatic carbocycles. The number of aromatic amines is 1. The molecule has 0 aliphatic heterocycles. The van der Waals surface area contributed by atoms with Crippen LogP contribution in [0.1, 0.15) is 12.0 Å². The molecule has 0 amide bonds. The summed E-state index contributed by atoms with van der Waals surface area (Å²) in [6.45, 7) is 0. The van der Waals surface area contributed by atoms with Crippen molar-refractivity contribution < 1.29 is 29.7 Å². The number of rotatable bonds is 6. The molecular formula is C14H13NO6. The van der Waals surface area contributed by atoms with Crippen molar-refractivity contribution in [2.24, 2.45) is 5.41 Å². The summed E-state index contributed by atoms with van der Waals surface area (Å²) in [5.41, 5.74) is -1.21. The molecule has 0 fully saturated rings. The van der Waals surface area contributed by atoms with E-state index in [4.69, 9.17) is 5.11 Å². The standard InChI is InChI=1S/C14H13NO6/c16-11(17)6-14(12(18)19,13(20)21)5-8-7-15-10-4-2-1-3-9(8)10/h1-4,7,15H,5-6H2,(H,16,17)(H,18,19)(H,20,21). The van der Waals surface area contributed by atoms with Crippen LogP contribution in [0.2, 0.25) is 0 Å². The molecule has 7 nitrogen and oxygen atoms in total. The van der Waals surface area contributed by atoms with Crippen molar-refractivity contribution >= 4 is 28.8 Å². The highest BCUT2D eigenvalue weighted by molar-refractivity contribution is 6.02. The van der Waals surface area contributed by atoms with E-state index in [1.54, 1.807) is 24.3 Å². The zero-order valence-corrected chi connectivity index (χ0v) is 10.9. The van der Waals surface area contributed by atoms with E-state index < -0.39 is 36.2 Å². The lowest BCUT2D eigenvalue weighted by molar-refractivity contribution is -0.169. The van der Waals surface area contributed by atoms with E-state index in [0.29, 0.717) is 10.9 Å². The van der Waals surface area contributed by atoms with E-state index >= 15 is 0 Å². The molecule has 2 aromatic rings. The SMILES string of the molecule is O=C(O)CC(Cc1c[nH]c2ccccc12)(C(=O)O)C(=O)O. The van der Waals surface area contributed by atoms with Gasteiger partial charge in [0.2, 0.25) is 0 Å². The van der Waals surface area contributed by atoms with Gasteiger partial charge in [-0.1, -0.05) is 18.2 Å². The lowest BCUT2D eigenvalue weighted by atomic mass is 9.78. The predicted octanol–water partition coefficient (Wildman–Crippen LogP) is 1.34. The van der Waals surface area contributed by atoms with Crippen molar-refractivity contribution in [3.05, 3.63) is 36.0 Å². The summed E-state index contributed by atoms with van der Waals surface area (Å²) in [7, 11) is 0. The van der Waals surface area contributed by atoms with Gasteiger partial charge in [-0.25, -0.2) is 0 Å². The average molecular weight is 291 g/mol. The Bertz CT molecular complexity index is 703. The first-order valence-corrected chi connectivity index (χ1v) is 6.10. The summed E-state index contributed by atoms with van der Waals surface area (Å²) in [5, 5.41) is 28.0. The maximum atomic E-state index is 11.4. The predicted molar refractivity (Wildman–Crippen MR) is 72.0 cm³/mol. The second-order valence-corrected chi connectivity index (χ2v) is 4.80. The normalized spacial score (nSPS) is 11.4. The van der Waals surface area contributed by atoms with Gasteiger partial charge in [0.25, 0.3) is 0 Å². The Morgan fingerprint density at radius 2 is 1.67 bits per heavy atom. The highest BCUT2D eigenvalue weighted by Crippen LogP contribution is 2.31. The summed E-state index contributed by atoms with van der Waals surface area (Å²) in [6.07, 6.45) is 0.109. The number of hydrogen-bond acceptors (Lipinski definition) is 3. The van der Waals surface area contributed by atoms with Crippen molar-refractivity contribution in [2.75, 3.05) is 0 Å². The highest BCUT2D eigenvalue weighted by Gasteiger charge is 2.49. The molecule has 4 N–H and O–H groups in total. The number of H-pyrrole nitrogens is 1. The molecule has 0 aliphatic rings. The van der Waals surface area contributed by atoms with Crippen molar-refractivity contribution in [3.63, 3.8) is 0 Å². The number of para-hydroxylation sites is 1. The molecule has 7 heteroatoms. The van der Waals surface area contributed by atoms with Gasteiger partial charge in [0.05, 0.1) is 6.42 Å². The maximum Gasteiger partial charge on any atom is 0.322 e. The van der Waals surface area contributed by atoms with Crippen LogP contribution in [0.5, 0.6) is 0 Å². The molecule has 1 aromatic heterocycles. The quantitative estimate of drug-likeness (QED) is 0.595. The minimum atomic E-state index is -2.39. The third-order valence-corrected chi connectivity index (χ3v) is 3.44. The van der Waals surface area contributed by atoms with Gasteiger partial charge >= 0.3 is 17.9 Å². The lowest BCUT2D eigenvalue weighted by Crippen LogP contribution is -2.43. The molecular weight excluding hydrogens is 278 g/mol. The summed E-state index contributed by atoms with van der Waals surface area (Å²) in [6, 6.07) is 7.00. The monoisotopic (exact) mass is 291 g/mol. The van der Waals surface area contributed by atoms with E-state index in [-0.39, 0.29) is 0 Å². The number of carboxylic acids is 3. The summed E-state index contributed by atoms with van der Waals surface area (Å²) < 4.78 is 0. The van der Waals surface area contributed by atoms with E-state index in [2.05, 4.69) is 4.98 Å². The Hall–Kier alpha value is -2.83. The molecule has 0 radical (unpaired) electrons. The summed E-state index contributed by atoms with van der Waals surface area (Å²) in [5.74, 6) is -4.80. The molecule has 21 heavy (non-hydrogen) atoms. The van der Waals surface area contributed by atoms with Crippen molar-refractivity contribution in [1.29, 1.82) is 0 Å². The first-order valence-electron chi connectivity index (χ1n) is 6.10. The van der Waals surface area contributed by atoms with Crippen LogP contribution in [0.25, 0.3) is 10.9 Å². The summed E-state index contributed by atoms with van der Waals surface area (Å²) in [4.78, 5) is 36.6. The second kappa shape index (κ2) is 5.28. The molecule has 0 atom stereocenters. The maximum absolute atomic E-state index is 11.4. The van der Waals surface area contributed by atoms with Crippen molar-refractivity contribution in [2.45, 2.75) is 12.8 Å². The van der Waals surface area contributed by atoms with Crippen LogP contribution in [0, 0.1) is 5.41 Å². The fourth-order valence-electron chi connectivity index (χ4n) is 2.32. The highest BCUT2D eigenvalue weighted by atomic mass is 16.4. The van der Waals surface area contributed by atoms with Crippen molar-refractivity contribution in [3.8, 4) is 0 Å². The zero-order valence-electron chi connectivity index (χ0n) is 10.9. The van der Waals surface area contributed by atoms with Crippen LogP contribution in [0.4, 0.5) is 0 Å². The lowest BCUT2D eigenvalue weighted by Gasteiger charge is -2.22. The van der Waals surface area contributed by atoms with Gasteiger partial charge in [-0.2, -0.15) is 0 Å². The van der Waals surface area contributed by atoms with Crippen LogP contribution in [0.3, 0.4) is 0 Å². The van der Waals surface area contributed by atoms with Gasteiger partial charge in [0.15, 0.2) is 5.41 Å². The smallest absolute Gasteiger partial charge is 0.322 e. The minimum Gasteiger partial charge on any atom is -0.481 e. The molecule has 1 heterocycles. The Morgan fingerprint density at radius 3 is 2.24 bits per heavy atom. The Morgan fingerprint density at radius 1 is 1.05 bits per heavy atom. The minimum absolute atomic E-state index is 0.409. The van der Waals surface area contributed by atoms with Crippen LogP contribution in [-0.4, -0.2) is 38.2 Å². The number of nitrogens with one attached hydrogen (secondary N) is 1.